The van der Waals surface area contributed by atoms with Crippen molar-refractivity contribution in [1.29, 1.82) is 0 Å². The van der Waals surface area contributed by atoms with Gasteiger partial charge in [0.05, 0.1) is 27.5 Å². The summed E-state index contributed by atoms with van der Waals surface area (Å²) in [7, 11) is 4.89. The Bertz CT molecular complexity index is 821. The zero-order valence-electron chi connectivity index (χ0n) is 19.5. The summed E-state index contributed by atoms with van der Waals surface area (Å²) in [5.74, 6) is 4.28. The Morgan fingerprint density at radius 1 is 1.06 bits per heavy atom. The minimum atomic E-state index is -0.0752. The second kappa shape index (κ2) is 12.6. The van der Waals surface area contributed by atoms with E-state index in [2.05, 4.69) is 41.4 Å². The zero-order valence-corrected chi connectivity index (χ0v) is 21.8. The molecule has 0 radical (unpaired) electrons. The molecule has 1 heterocycles. The molecule has 0 atom stereocenters. The molecule has 2 N–H and O–H groups in total. The monoisotopic (exact) mass is 546 g/mol. The van der Waals surface area contributed by atoms with Crippen LogP contribution >= 0.6 is 24.0 Å². The first-order valence-corrected chi connectivity index (χ1v) is 10.1. The van der Waals surface area contributed by atoms with E-state index >= 15 is 0 Å². The number of ether oxygens (including phenoxy) is 3. The highest BCUT2D eigenvalue weighted by Gasteiger charge is 2.19. The van der Waals surface area contributed by atoms with E-state index in [0.717, 1.165) is 29.4 Å². The van der Waals surface area contributed by atoms with E-state index in [9.17, 15) is 0 Å². The summed E-state index contributed by atoms with van der Waals surface area (Å²) in [5.41, 5.74) is 0.889. The van der Waals surface area contributed by atoms with Gasteiger partial charge < -0.3 is 29.3 Å². The molecule has 0 unspecified atom stereocenters. The van der Waals surface area contributed by atoms with E-state index in [1.807, 2.05) is 19.1 Å². The van der Waals surface area contributed by atoms with Crippen molar-refractivity contribution in [3.63, 3.8) is 0 Å². The molecular weight excluding hydrogens is 511 g/mol. The first kappa shape index (κ1) is 26.9. The van der Waals surface area contributed by atoms with Gasteiger partial charge in [0.1, 0.15) is 29.6 Å². The lowest BCUT2D eigenvalue weighted by Gasteiger charge is -2.16. The summed E-state index contributed by atoms with van der Waals surface area (Å²) in [6, 6.07) is 3.71. The van der Waals surface area contributed by atoms with Gasteiger partial charge in [-0.15, -0.1) is 24.0 Å². The number of methoxy groups -OCH3 is 3. The third kappa shape index (κ3) is 7.79. The molecule has 0 aliphatic heterocycles. The standard InChI is InChI=1S/C22H34N4O4.HI/c1-8-23-21(26-14-20-25-13-19(30-20)22(2,3)4)24-10-9-16-17(28-6)11-15(27-5)12-18(16)29-7;/h11-13H,8-10,14H2,1-7H3,(H2,23,24,26);1H. The highest BCUT2D eigenvalue weighted by atomic mass is 127. The molecule has 8 nitrogen and oxygen atoms in total. The maximum Gasteiger partial charge on any atom is 0.216 e. The largest absolute Gasteiger partial charge is 0.496 e. The molecule has 0 amide bonds. The van der Waals surface area contributed by atoms with Gasteiger partial charge in [-0.3, -0.25) is 0 Å². The Morgan fingerprint density at radius 2 is 1.71 bits per heavy atom. The summed E-state index contributed by atoms with van der Waals surface area (Å²) in [5, 5.41) is 6.57. The van der Waals surface area contributed by atoms with Crippen LogP contribution in [0.3, 0.4) is 0 Å². The van der Waals surface area contributed by atoms with Crippen molar-refractivity contribution in [3.8, 4) is 17.2 Å². The number of aliphatic imine (C=N–C) groups is 1. The normalized spacial score (nSPS) is 11.5. The topological polar surface area (TPSA) is 90.1 Å². The molecule has 31 heavy (non-hydrogen) atoms. The molecule has 0 aliphatic rings. The predicted molar refractivity (Wildman–Crippen MR) is 133 cm³/mol. The number of hydrogen-bond donors (Lipinski definition) is 2. The third-order valence-corrected chi connectivity index (χ3v) is 4.49. The SMILES string of the molecule is CCNC(=NCc1ncc(C(C)(C)C)o1)NCCc1c(OC)cc(OC)cc1OC.I. The van der Waals surface area contributed by atoms with Crippen LogP contribution in [0.1, 0.15) is 44.9 Å². The summed E-state index contributed by atoms with van der Waals surface area (Å²) >= 11 is 0. The number of oxazole rings is 1. The minimum absolute atomic E-state index is 0. The molecule has 9 heteroatoms. The summed E-state index contributed by atoms with van der Waals surface area (Å²) < 4.78 is 22.2. The Labute approximate surface area is 202 Å². The quantitative estimate of drug-likeness (QED) is 0.280. The van der Waals surface area contributed by atoms with E-state index < -0.39 is 0 Å². The number of guanidine groups is 1. The van der Waals surface area contributed by atoms with Crippen LogP contribution < -0.4 is 24.8 Å². The Hall–Kier alpha value is -2.17. The number of rotatable bonds is 9. The molecule has 2 aromatic rings. The van der Waals surface area contributed by atoms with Crippen molar-refractivity contribution >= 4 is 29.9 Å². The van der Waals surface area contributed by atoms with Gasteiger partial charge in [-0.1, -0.05) is 20.8 Å². The fourth-order valence-corrected chi connectivity index (χ4v) is 2.85. The number of benzene rings is 1. The van der Waals surface area contributed by atoms with Crippen LogP contribution in [0.2, 0.25) is 0 Å². The van der Waals surface area contributed by atoms with Crippen LogP contribution in [-0.2, 0) is 18.4 Å². The number of aromatic nitrogens is 1. The number of hydrogen-bond acceptors (Lipinski definition) is 6. The average molecular weight is 546 g/mol. The predicted octanol–water partition coefficient (Wildman–Crippen LogP) is 3.91. The number of halogens is 1. The molecule has 0 saturated heterocycles. The van der Waals surface area contributed by atoms with Crippen LogP contribution in [-0.4, -0.2) is 45.4 Å². The van der Waals surface area contributed by atoms with Crippen LogP contribution in [0, 0.1) is 0 Å². The lowest BCUT2D eigenvalue weighted by Crippen LogP contribution is -2.38. The fraction of sp³-hybridized carbons (Fsp3) is 0.545. The number of nitrogens with one attached hydrogen (secondary N) is 2. The van der Waals surface area contributed by atoms with E-state index in [-0.39, 0.29) is 29.4 Å². The fourth-order valence-electron chi connectivity index (χ4n) is 2.85. The van der Waals surface area contributed by atoms with Gasteiger partial charge in [-0.2, -0.15) is 0 Å². The molecule has 0 fully saturated rings. The van der Waals surface area contributed by atoms with Crippen molar-refractivity contribution < 1.29 is 18.6 Å². The molecule has 174 valence electrons. The van der Waals surface area contributed by atoms with E-state index in [4.69, 9.17) is 18.6 Å². The van der Waals surface area contributed by atoms with Gasteiger partial charge in [0.15, 0.2) is 5.96 Å². The summed E-state index contributed by atoms with van der Waals surface area (Å²) in [4.78, 5) is 8.91. The average Bonchev–Trinajstić information content (AvgIpc) is 3.21. The minimum Gasteiger partial charge on any atom is -0.496 e. The lowest BCUT2D eigenvalue weighted by molar-refractivity contribution is 0.368. The molecule has 0 bridgehead atoms. The molecular formula is C22H35IN4O4. The molecule has 1 aromatic carbocycles. The van der Waals surface area contributed by atoms with Gasteiger partial charge in [-0.25, -0.2) is 9.98 Å². The summed E-state index contributed by atoms with van der Waals surface area (Å²) in [6.45, 7) is 10.1. The molecule has 0 spiro atoms. The maximum absolute atomic E-state index is 5.81. The first-order valence-electron chi connectivity index (χ1n) is 10.1. The second-order valence-corrected chi connectivity index (χ2v) is 7.75. The molecule has 2 rings (SSSR count). The van der Waals surface area contributed by atoms with E-state index in [1.54, 1.807) is 27.5 Å². The van der Waals surface area contributed by atoms with Gasteiger partial charge in [-0.05, 0) is 13.3 Å². The van der Waals surface area contributed by atoms with E-state index in [0.29, 0.717) is 37.1 Å². The lowest BCUT2D eigenvalue weighted by atomic mass is 9.94. The van der Waals surface area contributed by atoms with Crippen molar-refractivity contribution in [3.05, 3.63) is 35.5 Å². The van der Waals surface area contributed by atoms with Gasteiger partial charge in [0.2, 0.25) is 5.89 Å². The molecule has 0 saturated carbocycles. The maximum atomic E-state index is 5.81. The Balaban J connectivity index is 0.00000480. The van der Waals surface area contributed by atoms with E-state index in [1.165, 1.54) is 0 Å². The summed E-state index contributed by atoms with van der Waals surface area (Å²) in [6.07, 6.45) is 2.46. The van der Waals surface area contributed by atoms with Gasteiger partial charge in [0, 0.05) is 36.2 Å². The van der Waals surface area contributed by atoms with Crippen LogP contribution in [0.4, 0.5) is 0 Å². The Kier molecular flexibility index (Phi) is 10.9. The van der Waals surface area contributed by atoms with Crippen molar-refractivity contribution in [2.24, 2.45) is 4.99 Å². The van der Waals surface area contributed by atoms with Gasteiger partial charge in [0.25, 0.3) is 0 Å². The zero-order chi connectivity index (χ0) is 22.1. The Morgan fingerprint density at radius 3 is 2.19 bits per heavy atom. The highest BCUT2D eigenvalue weighted by molar-refractivity contribution is 14.0. The van der Waals surface area contributed by atoms with Gasteiger partial charge >= 0.3 is 0 Å². The van der Waals surface area contributed by atoms with Crippen LogP contribution in [0.25, 0.3) is 0 Å². The third-order valence-electron chi connectivity index (χ3n) is 4.49. The van der Waals surface area contributed by atoms with Crippen molar-refractivity contribution in [1.82, 2.24) is 15.6 Å². The second-order valence-electron chi connectivity index (χ2n) is 7.75. The van der Waals surface area contributed by atoms with Crippen molar-refractivity contribution in [2.75, 3.05) is 34.4 Å². The van der Waals surface area contributed by atoms with Crippen LogP contribution in [0.15, 0.2) is 27.7 Å². The first-order chi connectivity index (χ1) is 14.3. The van der Waals surface area contributed by atoms with Crippen LogP contribution in [0.5, 0.6) is 17.2 Å². The molecule has 0 aliphatic carbocycles. The smallest absolute Gasteiger partial charge is 0.216 e. The number of nitrogens with zero attached hydrogens (tertiary/aromatic N) is 2. The molecule has 1 aromatic heterocycles. The highest BCUT2D eigenvalue weighted by Crippen LogP contribution is 2.34. The van der Waals surface area contributed by atoms with Crippen molar-refractivity contribution in [2.45, 2.75) is 46.1 Å².